The van der Waals surface area contributed by atoms with Crippen molar-refractivity contribution < 1.29 is 14.7 Å². The molecule has 1 amide bonds. The van der Waals surface area contributed by atoms with E-state index in [0.29, 0.717) is 12.3 Å². The van der Waals surface area contributed by atoms with E-state index in [0.717, 1.165) is 10.6 Å². The molecular weight excluding hydrogens is 288 g/mol. The molecule has 0 bridgehead atoms. The fourth-order valence-electron chi connectivity index (χ4n) is 2.01. The average molecular weight is 306 g/mol. The molecule has 0 saturated heterocycles. The Bertz CT molecular complexity index is 545. The average Bonchev–Trinajstić information content (AvgIpc) is 2.95. The number of carbonyl (C=O) groups excluding carboxylic acids is 1. The molecule has 1 aromatic rings. The first kappa shape index (κ1) is 15.6. The van der Waals surface area contributed by atoms with Gasteiger partial charge >= 0.3 is 5.97 Å². The van der Waals surface area contributed by atoms with E-state index in [9.17, 15) is 9.59 Å². The second-order valence-corrected chi connectivity index (χ2v) is 6.08. The Morgan fingerprint density at radius 1 is 1.43 bits per heavy atom. The zero-order chi connectivity index (χ0) is 15.2. The fraction of sp³-hybridized carbons (Fsp3) is 0.400. The number of thioether (sulfide) groups is 1. The molecule has 2 unspecified atom stereocenters. The lowest BCUT2D eigenvalue weighted by Crippen LogP contribution is -2.36. The number of carbonyl (C=O) groups is 2. The number of nitrogens with one attached hydrogen (secondary N) is 1. The van der Waals surface area contributed by atoms with E-state index in [1.807, 2.05) is 30.3 Å². The Balaban J connectivity index is 1.87. The summed E-state index contributed by atoms with van der Waals surface area (Å²) in [4.78, 5) is 27.1. The molecule has 0 spiro atoms. The summed E-state index contributed by atoms with van der Waals surface area (Å²) in [6, 6.07) is 9.39. The number of hydrogen-bond donors (Lipinski definition) is 2. The van der Waals surface area contributed by atoms with Crippen LogP contribution in [0.25, 0.3) is 0 Å². The Morgan fingerprint density at radius 3 is 2.81 bits per heavy atom. The van der Waals surface area contributed by atoms with Crippen molar-refractivity contribution in [2.75, 3.05) is 12.3 Å². The maximum atomic E-state index is 12.0. The first-order valence-electron chi connectivity index (χ1n) is 6.82. The lowest BCUT2D eigenvalue weighted by molar-refractivity contribution is -0.138. The Morgan fingerprint density at radius 2 is 2.14 bits per heavy atom. The number of carboxylic acid groups (broad SMARTS) is 1. The van der Waals surface area contributed by atoms with Gasteiger partial charge in [0.15, 0.2) is 0 Å². The lowest BCUT2D eigenvalue weighted by Gasteiger charge is -2.12. The van der Waals surface area contributed by atoms with Gasteiger partial charge in [-0.2, -0.15) is 0 Å². The van der Waals surface area contributed by atoms with Crippen LogP contribution in [0.1, 0.15) is 18.9 Å². The number of benzene rings is 1. The van der Waals surface area contributed by atoms with Gasteiger partial charge in [0.1, 0.15) is 6.04 Å². The first-order chi connectivity index (χ1) is 10.1. The molecule has 6 heteroatoms. The standard InChI is InChI=1S/C15H18N2O3S/c1-10(7-13(18)19)8-16-14(20)12-9-21-15(17-12)11-5-3-2-4-6-11/h2-6,10,12H,7-9H2,1H3,(H,16,20)(H,18,19). The van der Waals surface area contributed by atoms with Gasteiger partial charge in [-0.1, -0.05) is 37.3 Å². The van der Waals surface area contributed by atoms with Gasteiger partial charge in [-0.3, -0.25) is 14.6 Å². The molecule has 5 nitrogen and oxygen atoms in total. The molecule has 0 fully saturated rings. The van der Waals surface area contributed by atoms with Gasteiger partial charge in [0.2, 0.25) is 5.91 Å². The quantitative estimate of drug-likeness (QED) is 0.839. The van der Waals surface area contributed by atoms with Gasteiger partial charge < -0.3 is 10.4 Å². The van der Waals surface area contributed by atoms with Crippen molar-refractivity contribution in [1.82, 2.24) is 5.32 Å². The van der Waals surface area contributed by atoms with Crippen LogP contribution in [-0.2, 0) is 9.59 Å². The van der Waals surface area contributed by atoms with Crippen molar-refractivity contribution in [2.45, 2.75) is 19.4 Å². The SMILES string of the molecule is CC(CNC(=O)C1CSC(c2ccccc2)=N1)CC(=O)O. The van der Waals surface area contributed by atoms with Crippen LogP contribution in [-0.4, -0.2) is 40.4 Å². The van der Waals surface area contributed by atoms with Crippen LogP contribution in [0, 0.1) is 5.92 Å². The molecule has 1 aromatic carbocycles. The van der Waals surface area contributed by atoms with E-state index in [4.69, 9.17) is 5.11 Å². The number of aliphatic imine (C=N–C) groups is 1. The van der Waals surface area contributed by atoms with Crippen molar-refractivity contribution in [2.24, 2.45) is 10.9 Å². The summed E-state index contributed by atoms with van der Waals surface area (Å²) in [6.45, 7) is 2.17. The van der Waals surface area contributed by atoms with E-state index in [2.05, 4.69) is 10.3 Å². The normalized spacial score (nSPS) is 18.9. The Hall–Kier alpha value is -1.82. The summed E-state index contributed by atoms with van der Waals surface area (Å²) in [7, 11) is 0. The molecule has 1 heterocycles. The highest BCUT2D eigenvalue weighted by molar-refractivity contribution is 8.14. The van der Waals surface area contributed by atoms with Crippen molar-refractivity contribution in [3.05, 3.63) is 35.9 Å². The molecule has 112 valence electrons. The minimum atomic E-state index is -0.849. The monoisotopic (exact) mass is 306 g/mol. The minimum Gasteiger partial charge on any atom is -0.481 e. The number of amides is 1. The van der Waals surface area contributed by atoms with Crippen molar-refractivity contribution >= 4 is 28.7 Å². The highest BCUT2D eigenvalue weighted by Crippen LogP contribution is 2.23. The van der Waals surface area contributed by atoms with Crippen LogP contribution in [0.2, 0.25) is 0 Å². The second kappa shape index (κ2) is 7.26. The molecule has 2 atom stereocenters. The third-order valence-electron chi connectivity index (χ3n) is 3.12. The molecule has 2 N–H and O–H groups in total. The molecule has 2 rings (SSSR count). The summed E-state index contributed by atoms with van der Waals surface area (Å²) in [6.07, 6.45) is 0.0538. The fourth-order valence-corrected chi connectivity index (χ4v) is 3.06. The van der Waals surface area contributed by atoms with E-state index < -0.39 is 5.97 Å². The number of nitrogens with zero attached hydrogens (tertiary/aromatic N) is 1. The lowest BCUT2D eigenvalue weighted by atomic mass is 10.1. The summed E-state index contributed by atoms with van der Waals surface area (Å²) in [5.74, 6) is -0.440. The zero-order valence-corrected chi connectivity index (χ0v) is 12.6. The molecular formula is C15H18N2O3S. The van der Waals surface area contributed by atoms with E-state index >= 15 is 0 Å². The molecule has 0 radical (unpaired) electrons. The Kier molecular flexibility index (Phi) is 5.38. The largest absolute Gasteiger partial charge is 0.481 e. The van der Waals surface area contributed by atoms with Crippen LogP contribution in [0.5, 0.6) is 0 Å². The minimum absolute atomic E-state index is 0.0538. The summed E-state index contributed by atoms with van der Waals surface area (Å²) < 4.78 is 0. The van der Waals surface area contributed by atoms with Crippen LogP contribution in [0.4, 0.5) is 0 Å². The predicted molar refractivity (Wildman–Crippen MR) is 83.7 cm³/mol. The van der Waals surface area contributed by atoms with Crippen molar-refractivity contribution in [3.63, 3.8) is 0 Å². The third kappa shape index (κ3) is 4.60. The van der Waals surface area contributed by atoms with Crippen LogP contribution in [0.3, 0.4) is 0 Å². The molecule has 1 aliphatic heterocycles. The van der Waals surface area contributed by atoms with Gasteiger partial charge in [0.05, 0.1) is 5.04 Å². The topological polar surface area (TPSA) is 78.8 Å². The molecule has 0 saturated carbocycles. The number of rotatable bonds is 6. The summed E-state index contributed by atoms with van der Waals surface area (Å²) >= 11 is 1.57. The van der Waals surface area contributed by atoms with Crippen LogP contribution >= 0.6 is 11.8 Å². The Labute approximate surface area is 127 Å². The van der Waals surface area contributed by atoms with Gasteiger partial charge in [-0.15, -0.1) is 11.8 Å². The van der Waals surface area contributed by atoms with E-state index in [-0.39, 0.29) is 24.3 Å². The molecule has 0 aliphatic carbocycles. The van der Waals surface area contributed by atoms with E-state index in [1.54, 1.807) is 18.7 Å². The summed E-state index contributed by atoms with van der Waals surface area (Å²) in [5.41, 5.74) is 1.03. The van der Waals surface area contributed by atoms with E-state index in [1.165, 1.54) is 0 Å². The van der Waals surface area contributed by atoms with Gasteiger partial charge in [0, 0.05) is 24.3 Å². The van der Waals surface area contributed by atoms with Gasteiger partial charge in [-0.25, -0.2) is 0 Å². The van der Waals surface area contributed by atoms with Crippen LogP contribution in [0.15, 0.2) is 35.3 Å². The number of aliphatic carboxylic acids is 1. The number of hydrogen-bond acceptors (Lipinski definition) is 4. The highest BCUT2D eigenvalue weighted by Gasteiger charge is 2.25. The predicted octanol–water partition coefficient (Wildman–Crippen LogP) is 1.78. The smallest absolute Gasteiger partial charge is 0.303 e. The first-order valence-corrected chi connectivity index (χ1v) is 7.80. The molecule has 1 aliphatic rings. The third-order valence-corrected chi connectivity index (χ3v) is 4.22. The van der Waals surface area contributed by atoms with Crippen LogP contribution < -0.4 is 5.32 Å². The number of carboxylic acids is 1. The molecule has 0 aromatic heterocycles. The maximum absolute atomic E-state index is 12.0. The van der Waals surface area contributed by atoms with Gasteiger partial charge in [0.25, 0.3) is 0 Å². The van der Waals surface area contributed by atoms with Gasteiger partial charge in [-0.05, 0) is 5.92 Å². The second-order valence-electron chi connectivity index (χ2n) is 5.08. The summed E-state index contributed by atoms with van der Waals surface area (Å²) in [5, 5.41) is 12.3. The molecule has 21 heavy (non-hydrogen) atoms. The highest BCUT2D eigenvalue weighted by atomic mass is 32.2. The zero-order valence-electron chi connectivity index (χ0n) is 11.8. The maximum Gasteiger partial charge on any atom is 0.303 e. The van der Waals surface area contributed by atoms with Crippen molar-refractivity contribution in [3.8, 4) is 0 Å². The van der Waals surface area contributed by atoms with Crippen molar-refractivity contribution in [1.29, 1.82) is 0 Å².